The fraction of sp³-hybridized carbons (Fsp3) is 0.632. The molecule has 24 heavy (non-hydrogen) atoms. The molecule has 2 rings (SSSR count). The van der Waals surface area contributed by atoms with Gasteiger partial charge in [-0.2, -0.15) is 0 Å². The molecular weight excluding hydrogens is 304 g/mol. The summed E-state index contributed by atoms with van der Waals surface area (Å²) in [5, 5.41) is 13.1. The van der Waals surface area contributed by atoms with E-state index in [0.717, 1.165) is 13.0 Å². The smallest absolute Gasteiger partial charge is 0.408 e. The average Bonchev–Trinajstić information content (AvgIpc) is 2.50. The normalized spacial score (nSPS) is 23.5. The molecule has 1 aromatic carbocycles. The van der Waals surface area contributed by atoms with Crippen molar-refractivity contribution in [3.05, 3.63) is 35.9 Å². The first kappa shape index (κ1) is 18.7. The van der Waals surface area contributed by atoms with Crippen molar-refractivity contribution in [1.82, 2.24) is 10.2 Å². The van der Waals surface area contributed by atoms with E-state index in [1.54, 1.807) is 0 Å². The SMILES string of the molecule is CCC(c1ccccc1)N1CC[C@@H](O)[C@H](NC(=O)OC(C)(C)C)C1. The molecule has 1 aliphatic heterocycles. The molecule has 1 aliphatic rings. The Bertz CT molecular complexity index is 527. The quantitative estimate of drug-likeness (QED) is 0.888. The Morgan fingerprint density at radius 3 is 2.62 bits per heavy atom. The monoisotopic (exact) mass is 334 g/mol. The van der Waals surface area contributed by atoms with Gasteiger partial charge in [0.25, 0.3) is 0 Å². The van der Waals surface area contributed by atoms with Crippen molar-refractivity contribution in [3.63, 3.8) is 0 Å². The van der Waals surface area contributed by atoms with Gasteiger partial charge in [-0.1, -0.05) is 37.3 Å². The number of benzene rings is 1. The molecule has 1 amide bonds. The number of aliphatic hydroxyl groups excluding tert-OH is 1. The van der Waals surface area contributed by atoms with Crippen molar-refractivity contribution >= 4 is 6.09 Å². The molecule has 1 heterocycles. The summed E-state index contributed by atoms with van der Waals surface area (Å²) in [5.41, 5.74) is 0.728. The molecule has 134 valence electrons. The van der Waals surface area contributed by atoms with Gasteiger partial charge in [-0.25, -0.2) is 4.79 Å². The fourth-order valence-corrected chi connectivity index (χ4v) is 3.23. The number of nitrogens with zero attached hydrogens (tertiary/aromatic N) is 1. The lowest BCUT2D eigenvalue weighted by Crippen LogP contribution is -2.56. The van der Waals surface area contributed by atoms with Gasteiger partial charge in [0.15, 0.2) is 0 Å². The first-order valence-corrected chi connectivity index (χ1v) is 8.76. The zero-order valence-electron chi connectivity index (χ0n) is 15.2. The number of amides is 1. The molecule has 5 heteroatoms. The zero-order valence-corrected chi connectivity index (χ0v) is 15.2. The highest BCUT2D eigenvalue weighted by molar-refractivity contribution is 5.68. The number of nitrogens with one attached hydrogen (secondary N) is 1. The lowest BCUT2D eigenvalue weighted by Gasteiger charge is -2.40. The highest BCUT2D eigenvalue weighted by atomic mass is 16.6. The molecular formula is C19H30N2O3. The van der Waals surface area contributed by atoms with E-state index in [1.165, 1.54) is 5.56 Å². The minimum Gasteiger partial charge on any atom is -0.444 e. The Morgan fingerprint density at radius 1 is 1.38 bits per heavy atom. The molecule has 1 saturated heterocycles. The van der Waals surface area contributed by atoms with Crippen molar-refractivity contribution in [2.75, 3.05) is 13.1 Å². The van der Waals surface area contributed by atoms with Gasteiger partial charge in [0.2, 0.25) is 0 Å². The van der Waals surface area contributed by atoms with Crippen molar-refractivity contribution in [1.29, 1.82) is 0 Å². The largest absolute Gasteiger partial charge is 0.444 e. The summed E-state index contributed by atoms with van der Waals surface area (Å²) in [7, 11) is 0. The molecule has 0 bridgehead atoms. The molecule has 1 unspecified atom stereocenters. The minimum absolute atomic E-state index is 0.293. The van der Waals surface area contributed by atoms with Gasteiger partial charge < -0.3 is 15.2 Å². The number of piperidine rings is 1. The molecule has 3 atom stereocenters. The van der Waals surface area contributed by atoms with E-state index in [9.17, 15) is 9.90 Å². The lowest BCUT2D eigenvalue weighted by atomic mass is 9.96. The first-order chi connectivity index (χ1) is 11.3. The summed E-state index contributed by atoms with van der Waals surface area (Å²) in [6, 6.07) is 10.4. The van der Waals surface area contributed by atoms with E-state index in [-0.39, 0.29) is 6.04 Å². The van der Waals surface area contributed by atoms with Gasteiger partial charge in [-0.05, 0) is 39.2 Å². The zero-order chi connectivity index (χ0) is 17.7. The molecule has 0 saturated carbocycles. The van der Waals surface area contributed by atoms with E-state index in [1.807, 2.05) is 39.0 Å². The van der Waals surface area contributed by atoms with Crippen molar-refractivity contribution in [2.24, 2.45) is 0 Å². The van der Waals surface area contributed by atoms with E-state index in [0.29, 0.717) is 19.0 Å². The molecule has 0 aliphatic carbocycles. The first-order valence-electron chi connectivity index (χ1n) is 8.76. The predicted molar refractivity (Wildman–Crippen MR) is 94.8 cm³/mol. The molecule has 0 radical (unpaired) electrons. The van der Waals surface area contributed by atoms with Crippen LogP contribution in [0, 0.1) is 0 Å². The van der Waals surface area contributed by atoms with Crippen LogP contribution in [-0.2, 0) is 4.74 Å². The maximum atomic E-state index is 12.0. The molecule has 0 aromatic heterocycles. The summed E-state index contributed by atoms with van der Waals surface area (Å²) < 4.78 is 5.32. The van der Waals surface area contributed by atoms with Crippen LogP contribution in [-0.4, -0.2) is 46.9 Å². The molecule has 5 nitrogen and oxygen atoms in total. The number of alkyl carbamates (subject to hydrolysis) is 1. The third-order valence-corrected chi connectivity index (χ3v) is 4.32. The van der Waals surface area contributed by atoms with Crippen molar-refractivity contribution < 1.29 is 14.6 Å². The van der Waals surface area contributed by atoms with Crippen LogP contribution in [0.25, 0.3) is 0 Å². The summed E-state index contributed by atoms with van der Waals surface area (Å²) in [4.78, 5) is 14.4. The Morgan fingerprint density at radius 2 is 2.04 bits per heavy atom. The lowest BCUT2D eigenvalue weighted by molar-refractivity contribution is 0.0121. The average molecular weight is 334 g/mol. The minimum atomic E-state index is -0.542. The van der Waals surface area contributed by atoms with Crippen LogP contribution in [0.1, 0.15) is 52.1 Å². The third-order valence-electron chi connectivity index (χ3n) is 4.32. The van der Waals surface area contributed by atoms with E-state index in [4.69, 9.17) is 4.74 Å². The fourth-order valence-electron chi connectivity index (χ4n) is 3.23. The van der Waals surface area contributed by atoms with Crippen LogP contribution in [0.15, 0.2) is 30.3 Å². The maximum absolute atomic E-state index is 12.0. The van der Waals surface area contributed by atoms with Gasteiger partial charge in [0.1, 0.15) is 5.60 Å². The second-order valence-corrected chi connectivity index (χ2v) is 7.44. The Labute approximate surface area is 145 Å². The standard InChI is InChI=1S/C19H30N2O3/c1-5-16(14-9-7-6-8-10-14)21-12-11-17(22)15(13-21)20-18(23)24-19(2,3)4/h6-10,15-17,22H,5,11-13H2,1-4H3,(H,20,23)/t15-,16?,17-/m1/s1. The Kier molecular flexibility index (Phi) is 6.24. The molecule has 0 spiro atoms. The number of aliphatic hydroxyl groups is 1. The van der Waals surface area contributed by atoms with Crippen LogP contribution in [0.2, 0.25) is 0 Å². The van der Waals surface area contributed by atoms with E-state index in [2.05, 4.69) is 29.3 Å². The second-order valence-electron chi connectivity index (χ2n) is 7.44. The van der Waals surface area contributed by atoms with Crippen LogP contribution in [0.4, 0.5) is 4.79 Å². The second kappa shape index (κ2) is 7.99. The Balaban J connectivity index is 2.02. The Hall–Kier alpha value is -1.59. The highest BCUT2D eigenvalue weighted by Gasteiger charge is 2.33. The molecule has 2 N–H and O–H groups in total. The summed E-state index contributed by atoms with van der Waals surface area (Å²) >= 11 is 0. The number of likely N-dealkylation sites (tertiary alicyclic amines) is 1. The number of rotatable bonds is 4. The van der Waals surface area contributed by atoms with Gasteiger partial charge >= 0.3 is 6.09 Å². The number of hydrogen-bond donors (Lipinski definition) is 2. The predicted octanol–water partition coefficient (Wildman–Crippen LogP) is 3.10. The van der Waals surface area contributed by atoms with Gasteiger partial charge in [-0.3, -0.25) is 4.90 Å². The van der Waals surface area contributed by atoms with Crippen LogP contribution in [0.5, 0.6) is 0 Å². The summed E-state index contributed by atoms with van der Waals surface area (Å²) in [6.07, 6.45) is 0.617. The summed E-state index contributed by atoms with van der Waals surface area (Å²) in [6.45, 7) is 9.10. The van der Waals surface area contributed by atoms with E-state index >= 15 is 0 Å². The topological polar surface area (TPSA) is 61.8 Å². The molecule has 1 aromatic rings. The van der Waals surface area contributed by atoms with Crippen LogP contribution in [0.3, 0.4) is 0 Å². The number of hydrogen-bond acceptors (Lipinski definition) is 4. The third kappa shape index (κ3) is 5.21. The number of carbonyl (C=O) groups is 1. The van der Waals surface area contributed by atoms with E-state index < -0.39 is 17.8 Å². The van der Waals surface area contributed by atoms with Crippen LogP contribution < -0.4 is 5.32 Å². The number of carbonyl (C=O) groups excluding carboxylic acids is 1. The van der Waals surface area contributed by atoms with Gasteiger partial charge in [0.05, 0.1) is 12.1 Å². The highest BCUT2D eigenvalue weighted by Crippen LogP contribution is 2.27. The van der Waals surface area contributed by atoms with Crippen LogP contribution >= 0.6 is 0 Å². The van der Waals surface area contributed by atoms with Gasteiger partial charge in [-0.15, -0.1) is 0 Å². The molecule has 1 fully saturated rings. The summed E-state index contributed by atoms with van der Waals surface area (Å²) in [5.74, 6) is 0. The maximum Gasteiger partial charge on any atom is 0.408 e. The van der Waals surface area contributed by atoms with Crippen molar-refractivity contribution in [3.8, 4) is 0 Å². The van der Waals surface area contributed by atoms with Gasteiger partial charge in [0, 0.05) is 19.1 Å². The van der Waals surface area contributed by atoms with Crippen molar-refractivity contribution in [2.45, 2.75) is 64.3 Å². The number of ether oxygens (including phenoxy) is 1.